The number of hydrogen-bond acceptors (Lipinski definition) is 2. The van der Waals surface area contributed by atoms with Crippen LogP contribution in [0.2, 0.25) is 0 Å². The Morgan fingerprint density at radius 3 is 2.26 bits per heavy atom. The second kappa shape index (κ2) is 8.89. The fourth-order valence-corrected chi connectivity index (χ4v) is 5.28. The molecule has 3 rings (SSSR count). The Hall–Kier alpha value is -1.17. The van der Waals surface area contributed by atoms with E-state index in [2.05, 4.69) is 80.2 Å². The maximum Gasteiger partial charge on any atom is 0.223 e. The number of likely N-dealkylation sites (tertiary alicyclic amines) is 1. The molecule has 1 heterocycles. The molecule has 144 valence electrons. The topological polar surface area (TPSA) is 23.6 Å². The second-order valence-electron chi connectivity index (χ2n) is 7.65. The zero-order valence-electron chi connectivity index (χ0n) is 15.9. The smallest absolute Gasteiger partial charge is 0.223 e. The lowest BCUT2D eigenvalue weighted by atomic mass is 9.70. The summed E-state index contributed by atoms with van der Waals surface area (Å²) in [5.41, 5.74) is 2.35. The van der Waals surface area contributed by atoms with E-state index in [0.717, 1.165) is 40.4 Å². The van der Waals surface area contributed by atoms with E-state index in [9.17, 15) is 4.79 Å². The summed E-state index contributed by atoms with van der Waals surface area (Å²) in [6, 6.07) is 16.7. The van der Waals surface area contributed by atoms with Crippen molar-refractivity contribution in [3.8, 4) is 0 Å². The molecule has 3 nitrogen and oxygen atoms in total. The SMILES string of the molecule is CN1CCC(CC(=O)N(C)Cc2cc(Br)cc(Br)c2)(c2ccccc2)CC1. The maximum atomic E-state index is 13.1. The van der Waals surface area contributed by atoms with Gasteiger partial charge < -0.3 is 9.80 Å². The quantitative estimate of drug-likeness (QED) is 0.569. The maximum absolute atomic E-state index is 13.1. The van der Waals surface area contributed by atoms with Gasteiger partial charge in [0.25, 0.3) is 0 Å². The molecule has 0 atom stereocenters. The van der Waals surface area contributed by atoms with Crippen LogP contribution in [0.3, 0.4) is 0 Å². The molecule has 0 saturated carbocycles. The number of halogens is 2. The van der Waals surface area contributed by atoms with Crippen LogP contribution in [0.4, 0.5) is 0 Å². The number of carbonyl (C=O) groups excluding carboxylic acids is 1. The van der Waals surface area contributed by atoms with E-state index in [4.69, 9.17) is 0 Å². The first-order valence-corrected chi connectivity index (χ1v) is 10.9. The monoisotopic (exact) mass is 492 g/mol. The van der Waals surface area contributed by atoms with E-state index >= 15 is 0 Å². The molecule has 2 aromatic carbocycles. The Morgan fingerprint density at radius 1 is 1.07 bits per heavy atom. The number of piperidine rings is 1. The highest BCUT2D eigenvalue weighted by molar-refractivity contribution is 9.11. The van der Waals surface area contributed by atoms with Gasteiger partial charge in [0.05, 0.1) is 0 Å². The minimum Gasteiger partial charge on any atom is -0.341 e. The van der Waals surface area contributed by atoms with E-state index in [1.165, 1.54) is 5.56 Å². The van der Waals surface area contributed by atoms with Gasteiger partial charge in [0.2, 0.25) is 5.91 Å². The molecule has 27 heavy (non-hydrogen) atoms. The predicted octanol–water partition coefficient (Wildman–Crippen LogP) is 5.22. The van der Waals surface area contributed by atoms with Gasteiger partial charge in [-0.25, -0.2) is 0 Å². The molecule has 0 aromatic heterocycles. The van der Waals surface area contributed by atoms with Crippen molar-refractivity contribution in [3.63, 3.8) is 0 Å². The van der Waals surface area contributed by atoms with E-state index in [0.29, 0.717) is 13.0 Å². The van der Waals surface area contributed by atoms with Gasteiger partial charge >= 0.3 is 0 Å². The Kier molecular flexibility index (Phi) is 6.77. The Bertz CT molecular complexity index is 766. The first-order valence-electron chi connectivity index (χ1n) is 9.31. The van der Waals surface area contributed by atoms with Gasteiger partial charge in [-0.15, -0.1) is 0 Å². The second-order valence-corrected chi connectivity index (χ2v) is 9.49. The van der Waals surface area contributed by atoms with Crippen molar-refractivity contribution in [2.24, 2.45) is 0 Å². The van der Waals surface area contributed by atoms with Gasteiger partial charge in [-0.3, -0.25) is 4.79 Å². The molecule has 0 spiro atoms. The van der Waals surface area contributed by atoms with Gasteiger partial charge in [0.15, 0.2) is 0 Å². The molecule has 0 unspecified atom stereocenters. The largest absolute Gasteiger partial charge is 0.341 e. The summed E-state index contributed by atoms with van der Waals surface area (Å²) in [6.07, 6.45) is 2.61. The molecule has 5 heteroatoms. The molecule has 1 saturated heterocycles. The van der Waals surface area contributed by atoms with Crippen LogP contribution in [-0.4, -0.2) is 42.9 Å². The van der Waals surface area contributed by atoms with E-state index in [1.807, 2.05) is 24.1 Å². The summed E-state index contributed by atoms with van der Waals surface area (Å²) >= 11 is 7.05. The van der Waals surface area contributed by atoms with Crippen molar-refractivity contribution >= 4 is 37.8 Å². The summed E-state index contributed by atoms with van der Waals surface area (Å²) in [7, 11) is 4.07. The lowest BCUT2D eigenvalue weighted by Crippen LogP contribution is -2.44. The first-order chi connectivity index (χ1) is 12.9. The zero-order chi connectivity index (χ0) is 19.4. The lowest BCUT2D eigenvalue weighted by Gasteiger charge is -2.41. The Morgan fingerprint density at radius 2 is 1.67 bits per heavy atom. The lowest BCUT2D eigenvalue weighted by molar-refractivity contribution is -0.132. The number of nitrogens with zero attached hydrogens (tertiary/aromatic N) is 2. The van der Waals surface area contributed by atoms with Crippen molar-refractivity contribution in [1.29, 1.82) is 0 Å². The van der Waals surface area contributed by atoms with Gasteiger partial charge in [-0.1, -0.05) is 62.2 Å². The summed E-state index contributed by atoms with van der Waals surface area (Å²) in [4.78, 5) is 17.3. The molecule has 0 N–H and O–H groups in total. The van der Waals surface area contributed by atoms with Gasteiger partial charge in [0, 0.05) is 34.4 Å². The van der Waals surface area contributed by atoms with Crippen LogP contribution in [0, 0.1) is 0 Å². The summed E-state index contributed by atoms with van der Waals surface area (Å²) in [5, 5.41) is 0. The molecule has 0 bridgehead atoms. The molecule has 1 amide bonds. The van der Waals surface area contributed by atoms with Gasteiger partial charge in [0.1, 0.15) is 0 Å². The van der Waals surface area contributed by atoms with E-state index in [1.54, 1.807) is 0 Å². The number of carbonyl (C=O) groups is 1. The van der Waals surface area contributed by atoms with Gasteiger partial charge in [-0.2, -0.15) is 0 Å². The van der Waals surface area contributed by atoms with Crippen molar-refractivity contribution in [3.05, 3.63) is 68.6 Å². The number of hydrogen-bond donors (Lipinski definition) is 0. The molecule has 2 aromatic rings. The van der Waals surface area contributed by atoms with E-state index < -0.39 is 0 Å². The molecular formula is C22H26Br2N2O. The molecule has 1 fully saturated rings. The third-order valence-corrected chi connectivity index (χ3v) is 6.50. The number of rotatable bonds is 5. The number of amides is 1. The van der Waals surface area contributed by atoms with Crippen molar-refractivity contribution in [1.82, 2.24) is 9.80 Å². The standard InChI is InChI=1S/C22H26Br2N2O/c1-25-10-8-22(9-11-25,18-6-4-3-5-7-18)15-21(27)26(2)16-17-12-19(23)14-20(24)13-17/h3-7,12-14H,8-11,15-16H2,1-2H3. The highest BCUT2D eigenvalue weighted by Gasteiger charge is 2.38. The first kappa shape index (κ1) is 20.6. The van der Waals surface area contributed by atoms with E-state index in [-0.39, 0.29) is 11.3 Å². The fourth-order valence-electron chi connectivity index (χ4n) is 3.89. The fraction of sp³-hybridized carbons (Fsp3) is 0.409. The summed E-state index contributed by atoms with van der Waals surface area (Å²) in [6.45, 7) is 2.68. The third kappa shape index (κ3) is 5.21. The molecular weight excluding hydrogens is 468 g/mol. The Labute approximate surface area is 179 Å². The normalized spacial score (nSPS) is 16.9. The van der Waals surface area contributed by atoms with Crippen molar-refractivity contribution < 1.29 is 4.79 Å². The van der Waals surface area contributed by atoms with Crippen LogP contribution in [0.5, 0.6) is 0 Å². The molecule has 1 aliphatic rings. The predicted molar refractivity (Wildman–Crippen MR) is 118 cm³/mol. The average Bonchev–Trinajstić information content (AvgIpc) is 2.63. The molecule has 0 aliphatic carbocycles. The third-order valence-electron chi connectivity index (χ3n) is 5.59. The van der Waals surface area contributed by atoms with Crippen molar-refractivity contribution in [2.75, 3.05) is 27.2 Å². The van der Waals surface area contributed by atoms with Crippen molar-refractivity contribution in [2.45, 2.75) is 31.2 Å². The highest BCUT2D eigenvalue weighted by atomic mass is 79.9. The summed E-state index contributed by atoms with van der Waals surface area (Å²) < 4.78 is 2.03. The average molecular weight is 494 g/mol. The summed E-state index contributed by atoms with van der Waals surface area (Å²) in [5.74, 6) is 0.208. The molecule has 1 aliphatic heterocycles. The van der Waals surface area contributed by atoms with Crippen LogP contribution >= 0.6 is 31.9 Å². The number of benzene rings is 2. The molecule has 0 radical (unpaired) electrons. The van der Waals surface area contributed by atoms with Crippen LogP contribution in [0.25, 0.3) is 0 Å². The minimum absolute atomic E-state index is 0.0586. The zero-order valence-corrected chi connectivity index (χ0v) is 19.1. The Balaban J connectivity index is 1.76. The van der Waals surface area contributed by atoms with Crippen LogP contribution in [0.1, 0.15) is 30.4 Å². The van der Waals surface area contributed by atoms with Gasteiger partial charge in [-0.05, 0) is 62.3 Å². The van der Waals surface area contributed by atoms with Crippen LogP contribution in [0.15, 0.2) is 57.5 Å². The highest BCUT2D eigenvalue weighted by Crippen LogP contribution is 2.39. The van der Waals surface area contributed by atoms with Crippen LogP contribution < -0.4 is 0 Å². The minimum atomic E-state index is -0.0586. The van der Waals surface area contributed by atoms with Crippen LogP contribution in [-0.2, 0) is 16.8 Å².